The maximum atomic E-state index is 6.30. The first-order valence-corrected chi connectivity index (χ1v) is 10.7. The van der Waals surface area contributed by atoms with Crippen LogP contribution in [-0.4, -0.2) is 6.10 Å². The van der Waals surface area contributed by atoms with Crippen molar-refractivity contribution in [2.75, 3.05) is 0 Å². The minimum atomic E-state index is 0.00116. The van der Waals surface area contributed by atoms with Crippen molar-refractivity contribution in [1.29, 1.82) is 0 Å². The molecule has 0 aliphatic heterocycles. The van der Waals surface area contributed by atoms with Crippen molar-refractivity contribution in [3.05, 3.63) is 114 Å². The van der Waals surface area contributed by atoms with E-state index in [1.807, 2.05) is 0 Å². The predicted molar refractivity (Wildman–Crippen MR) is 126 cm³/mol. The first-order chi connectivity index (χ1) is 14.6. The molecule has 152 valence electrons. The van der Waals surface area contributed by atoms with E-state index in [0.717, 1.165) is 5.75 Å². The van der Waals surface area contributed by atoms with Gasteiger partial charge in [-0.2, -0.15) is 0 Å². The van der Waals surface area contributed by atoms with Gasteiger partial charge in [0.2, 0.25) is 0 Å². The lowest BCUT2D eigenvalue weighted by Gasteiger charge is -2.28. The fraction of sp³-hybridized carbons (Fsp3) is 0.214. The monoisotopic (exact) mass is 395 g/mol. The minimum Gasteiger partial charge on any atom is -0.491 e. The molecule has 30 heavy (non-hydrogen) atoms. The highest BCUT2D eigenvalue weighted by molar-refractivity contribution is 5.88. The largest absolute Gasteiger partial charge is 0.491 e. The van der Waals surface area contributed by atoms with Gasteiger partial charge < -0.3 is 4.74 Å². The average Bonchev–Trinajstić information content (AvgIpc) is 2.78. The van der Waals surface area contributed by atoms with E-state index in [9.17, 15) is 0 Å². The fourth-order valence-electron chi connectivity index (χ4n) is 4.01. The molecule has 4 rings (SSSR count). The van der Waals surface area contributed by atoms with Crippen LogP contribution in [0.4, 0.5) is 0 Å². The Labute approximate surface area is 179 Å². The molecular formula is C28H29NO. The first-order valence-electron chi connectivity index (χ1n) is 10.7. The summed E-state index contributed by atoms with van der Waals surface area (Å²) in [5.74, 6) is 0.935. The van der Waals surface area contributed by atoms with Crippen molar-refractivity contribution in [2.24, 2.45) is 0 Å². The molecule has 0 saturated carbocycles. The summed E-state index contributed by atoms with van der Waals surface area (Å²) >= 11 is 0. The number of ether oxygens (including phenoxy) is 1. The zero-order chi connectivity index (χ0) is 20.9. The zero-order valence-corrected chi connectivity index (χ0v) is 17.9. The highest BCUT2D eigenvalue weighted by atomic mass is 16.5. The van der Waals surface area contributed by atoms with Crippen molar-refractivity contribution < 1.29 is 4.74 Å². The Hall–Kier alpha value is -3.10. The second-order valence-electron chi connectivity index (χ2n) is 8.01. The van der Waals surface area contributed by atoms with Gasteiger partial charge in [-0.15, -0.1) is 0 Å². The molecule has 0 fully saturated rings. The third-order valence-corrected chi connectivity index (χ3v) is 5.43. The molecule has 2 nitrogen and oxygen atoms in total. The van der Waals surface area contributed by atoms with Gasteiger partial charge in [0.15, 0.2) is 0 Å². The van der Waals surface area contributed by atoms with Gasteiger partial charge in [0, 0.05) is 11.6 Å². The third kappa shape index (κ3) is 4.39. The second kappa shape index (κ2) is 9.15. The summed E-state index contributed by atoms with van der Waals surface area (Å²) < 4.78 is 6.30. The Morgan fingerprint density at radius 2 is 1.23 bits per heavy atom. The van der Waals surface area contributed by atoms with E-state index < -0.39 is 0 Å². The SMILES string of the molecule is CC(C)Oc1ccc2ccccc2c1[C@@H](N[C@@H](C)c1ccccc1)c1ccccc1. The van der Waals surface area contributed by atoms with Crippen LogP contribution in [0, 0.1) is 0 Å². The van der Waals surface area contributed by atoms with E-state index in [4.69, 9.17) is 4.74 Å². The molecule has 0 saturated heterocycles. The number of nitrogens with one attached hydrogen (secondary N) is 1. The van der Waals surface area contributed by atoms with Crippen LogP contribution in [-0.2, 0) is 0 Å². The summed E-state index contributed by atoms with van der Waals surface area (Å²) in [6, 6.07) is 34.3. The van der Waals surface area contributed by atoms with Crippen LogP contribution >= 0.6 is 0 Å². The van der Waals surface area contributed by atoms with Gasteiger partial charge in [0.25, 0.3) is 0 Å². The van der Waals surface area contributed by atoms with Crippen LogP contribution in [0.2, 0.25) is 0 Å². The third-order valence-electron chi connectivity index (χ3n) is 5.43. The Morgan fingerprint density at radius 1 is 0.633 bits per heavy atom. The van der Waals surface area contributed by atoms with E-state index >= 15 is 0 Å². The second-order valence-corrected chi connectivity index (χ2v) is 8.01. The van der Waals surface area contributed by atoms with Crippen molar-refractivity contribution in [3.63, 3.8) is 0 Å². The quantitative estimate of drug-likeness (QED) is 0.361. The highest BCUT2D eigenvalue weighted by Crippen LogP contribution is 2.38. The van der Waals surface area contributed by atoms with Gasteiger partial charge in [-0.05, 0) is 48.7 Å². The van der Waals surface area contributed by atoms with E-state index in [0.29, 0.717) is 0 Å². The maximum absolute atomic E-state index is 6.30. The zero-order valence-electron chi connectivity index (χ0n) is 17.9. The lowest BCUT2D eigenvalue weighted by molar-refractivity contribution is 0.238. The summed E-state index contributed by atoms with van der Waals surface area (Å²) in [4.78, 5) is 0. The van der Waals surface area contributed by atoms with Crippen LogP contribution in [0.3, 0.4) is 0 Å². The molecule has 0 amide bonds. The van der Waals surface area contributed by atoms with Crippen molar-refractivity contribution in [3.8, 4) is 5.75 Å². The van der Waals surface area contributed by atoms with Gasteiger partial charge in [-0.25, -0.2) is 0 Å². The van der Waals surface area contributed by atoms with Gasteiger partial charge in [-0.1, -0.05) is 91.0 Å². The van der Waals surface area contributed by atoms with Crippen LogP contribution in [0.15, 0.2) is 97.1 Å². The van der Waals surface area contributed by atoms with Gasteiger partial charge in [0.05, 0.1) is 12.1 Å². The Balaban J connectivity index is 1.87. The molecule has 2 heteroatoms. The summed E-state index contributed by atoms with van der Waals surface area (Å²) in [5.41, 5.74) is 3.69. The smallest absolute Gasteiger partial charge is 0.125 e. The molecule has 0 aromatic heterocycles. The number of hydrogen-bond acceptors (Lipinski definition) is 2. The maximum Gasteiger partial charge on any atom is 0.125 e. The lowest BCUT2D eigenvalue weighted by Crippen LogP contribution is -2.26. The van der Waals surface area contributed by atoms with Crippen molar-refractivity contribution >= 4 is 10.8 Å². The van der Waals surface area contributed by atoms with Crippen molar-refractivity contribution in [2.45, 2.75) is 39.0 Å². The summed E-state index contributed by atoms with van der Waals surface area (Å²) in [6.07, 6.45) is 0.105. The number of hydrogen-bond donors (Lipinski definition) is 1. The molecule has 4 aromatic rings. The standard InChI is InChI=1S/C28H29NO/c1-20(2)30-26-19-18-23-14-10-11-17-25(23)27(26)28(24-15-8-5-9-16-24)29-21(3)22-12-6-4-7-13-22/h4-21,28-29H,1-3H3/t21-,28-/m0/s1. The van der Waals surface area contributed by atoms with Gasteiger partial charge >= 0.3 is 0 Å². The lowest BCUT2D eigenvalue weighted by atomic mass is 9.91. The average molecular weight is 396 g/mol. The highest BCUT2D eigenvalue weighted by Gasteiger charge is 2.23. The van der Waals surface area contributed by atoms with Crippen LogP contribution < -0.4 is 10.1 Å². The molecule has 0 spiro atoms. The Morgan fingerprint density at radius 3 is 1.90 bits per heavy atom. The molecule has 1 N–H and O–H groups in total. The molecule has 0 unspecified atom stereocenters. The fourth-order valence-corrected chi connectivity index (χ4v) is 4.01. The first kappa shape index (κ1) is 20.2. The Kier molecular flexibility index (Phi) is 6.15. The van der Waals surface area contributed by atoms with Crippen LogP contribution in [0.5, 0.6) is 5.75 Å². The van der Waals surface area contributed by atoms with Gasteiger partial charge in [0.1, 0.15) is 5.75 Å². The molecule has 0 radical (unpaired) electrons. The number of fused-ring (bicyclic) bond motifs is 1. The van der Waals surface area contributed by atoms with Crippen LogP contribution in [0.25, 0.3) is 10.8 Å². The van der Waals surface area contributed by atoms with E-state index in [1.54, 1.807) is 0 Å². The number of rotatable bonds is 7. The minimum absolute atomic E-state index is 0.00116. The summed E-state index contributed by atoms with van der Waals surface area (Å²) in [5, 5.41) is 6.33. The molecule has 0 aliphatic rings. The summed E-state index contributed by atoms with van der Waals surface area (Å²) in [7, 11) is 0. The molecule has 0 heterocycles. The molecule has 0 bridgehead atoms. The normalized spacial score (nSPS) is 13.3. The molecule has 4 aromatic carbocycles. The predicted octanol–water partition coefficient (Wildman–Crippen LogP) is 7.07. The Bertz CT molecular complexity index is 1090. The van der Waals surface area contributed by atoms with Crippen molar-refractivity contribution in [1.82, 2.24) is 5.32 Å². The molecule has 0 aliphatic carbocycles. The topological polar surface area (TPSA) is 21.3 Å². The molecule has 2 atom stereocenters. The molecular weight excluding hydrogens is 366 g/mol. The van der Waals surface area contributed by atoms with E-state index in [2.05, 4.69) is 123 Å². The summed E-state index contributed by atoms with van der Waals surface area (Å²) in [6.45, 7) is 6.38. The van der Waals surface area contributed by atoms with Gasteiger partial charge in [-0.3, -0.25) is 5.32 Å². The van der Waals surface area contributed by atoms with E-state index in [-0.39, 0.29) is 18.2 Å². The number of benzene rings is 4. The van der Waals surface area contributed by atoms with E-state index in [1.165, 1.54) is 27.5 Å². The van der Waals surface area contributed by atoms with Crippen LogP contribution in [0.1, 0.15) is 49.5 Å².